The summed E-state index contributed by atoms with van der Waals surface area (Å²) in [7, 11) is 0. The van der Waals surface area contributed by atoms with E-state index in [2.05, 4.69) is 10.4 Å². The van der Waals surface area contributed by atoms with Crippen LogP contribution in [-0.2, 0) is 11.3 Å². The van der Waals surface area contributed by atoms with E-state index in [-0.39, 0.29) is 0 Å². The van der Waals surface area contributed by atoms with Crippen LogP contribution in [0.4, 0.5) is 9.18 Å². The van der Waals surface area contributed by atoms with Gasteiger partial charge in [0.2, 0.25) is 5.95 Å². The molecule has 0 aromatic carbocycles. The summed E-state index contributed by atoms with van der Waals surface area (Å²) in [5.41, 5.74) is -1.13. The van der Waals surface area contributed by atoms with E-state index in [0.717, 1.165) is 0 Å². The average molecular weight is 257 g/mol. The molecule has 0 radical (unpaired) electrons. The van der Waals surface area contributed by atoms with Crippen molar-refractivity contribution < 1.29 is 13.9 Å². The molecule has 1 aromatic rings. The largest absolute Gasteiger partial charge is 0.444 e. The van der Waals surface area contributed by atoms with Gasteiger partial charge in [-0.25, -0.2) is 4.79 Å². The van der Waals surface area contributed by atoms with Crippen LogP contribution in [0.2, 0.25) is 0 Å². The molecule has 6 heteroatoms. The summed E-state index contributed by atoms with van der Waals surface area (Å²) < 4.78 is 19.3. The van der Waals surface area contributed by atoms with E-state index in [1.807, 2.05) is 13.8 Å². The van der Waals surface area contributed by atoms with Gasteiger partial charge >= 0.3 is 6.09 Å². The third-order valence-corrected chi connectivity index (χ3v) is 2.00. The van der Waals surface area contributed by atoms with Crippen LogP contribution in [0.3, 0.4) is 0 Å². The number of hydrogen-bond acceptors (Lipinski definition) is 3. The maximum atomic E-state index is 12.7. The lowest BCUT2D eigenvalue weighted by Crippen LogP contribution is -2.48. The summed E-state index contributed by atoms with van der Waals surface area (Å²) in [5.74, 6) is -0.539. The van der Waals surface area contributed by atoms with Crippen molar-refractivity contribution in [2.24, 2.45) is 0 Å². The minimum absolute atomic E-state index is 0.357. The van der Waals surface area contributed by atoms with Crippen LogP contribution >= 0.6 is 0 Å². The molecule has 1 amide bonds. The summed E-state index contributed by atoms with van der Waals surface area (Å²) >= 11 is 0. The molecule has 0 aliphatic rings. The number of rotatable bonds is 3. The number of carbonyl (C=O) groups is 1. The SMILES string of the molecule is CC(C)(Cn1ccc(F)n1)NC(=O)OC(C)(C)C. The monoisotopic (exact) mass is 257 g/mol. The normalized spacial score (nSPS) is 12.3. The second-order valence-electron chi connectivity index (χ2n) is 5.85. The Kier molecular flexibility index (Phi) is 3.98. The topological polar surface area (TPSA) is 56.2 Å². The Morgan fingerprint density at radius 2 is 2.06 bits per heavy atom. The number of halogens is 1. The summed E-state index contributed by atoms with van der Waals surface area (Å²) in [6.07, 6.45) is 1.02. The Morgan fingerprint density at radius 1 is 1.44 bits per heavy atom. The van der Waals surface area contributed by atoms with Gasteiger partial charge in [0.05, 0.1) is 12.1 Å². The second kappa shape index (κ2) is 4.96. The molecule has 0 fully saturated rings. The molecular weight excluding hydrogens is 237 g/mol. The van der Waals surface area contributed by atoms with Gasteiger partial charge in [-0.15, -0.1) is 5.10 Å². The fourth-order valence-corrected chi connectivity index (χ4v) is 1.45. The number of hydrogen-bond donors (Lipinski definition) is 1. The summed E-state index contributed by atoms with van der Waals surface area (Å²) in [6, 6.07) is 1.27. The Labute approximate surface area is 106 Å². The maximum Gasteiger partial charge on any atom is 0.408 e. The Bertz CT molecular complexity index is 421. The number of amides is 1. The third-order valence-electron chi connectivity index (χ3n) is 2.00. The van der Waals surface area contributed by atoms with Crippen molar-refractivity contribution in [1.82, 2.24) is 15.1 Å². The van der Waals surface area contributed by atoms with Crippen molar-refractivity contribution in [3.63, 3.8) is 0 Å². The predicted molar refractivity (Wildman–Crippen MR) is 65.6 cm³/mol. The van der Waals surface area contributed by atoms with Gasteiger partial charge in [0.1, 0.15) is 5.60 Å². The molecule has 0 unspecified atom stereocenters. The van der Waals surface area contributed by atoms with Crippen molar-refractivity contribution in [3.8, 4) is 0 Å². The van der Waals surface area contributed by atoms with Crippen molar-refractivity contribution in [3.05, 3.63) is 18.2 Å². The smallest absolute Gasteiger partial charge is 0.408 e. The zero-order valence-corrected chi connectivity index (χ0v) is 11.5. The van der Waals surface area contributed by atoms with Gasteiger partial charge in [0, 0.05) is 12.3 Å². The van der Waals surface area contributed by atoms with Crippen LogP contribution in [-0.4, -0.2) is 27.0 Å². The van der Waals surface area contributed by atoms with Crippen LogP contribution in [0.5, 0.6) is 0 Å². The maximum absolute atomic E-state index is 12.7. The number of nitrogens with zero attached hydrogens (tertiary/aromatic N) is 2. The zero-order chi connectivity index (χ0) is 14.0. The Morgan fingerprint density at radius 3 is 2.50 bits per heavy atom. The predicted octanol–water partition coefficient (Wildman–Crippen LogP) is 2.33. The van der Waals surface area contributed by atoms with E-state index < -0.39 is 23.2 Å². The van der Waals surface area contributed by atoms with Gasteiger partial charge in [-0.1, -0.05) is 0 Å². The lowest BCUT2D eigenvalue weighted by Gasteiger charge is -2.28. The molecule has 5 nitrogen and oxygen atoms in total. The van der Waals surface area contributed by atoms with Crippen molar-refractivity contribution in [2.75, 3.05) is 0 Å². The van der Waals surface area contributed by atoms with Crippen LogP contribution in [0.1, 0.15) is 34.6 Å². The van der Waals surface area contributed by atoms with E-state index >= 15 is 0 Å². The van der Waals surface area contributed by atoms with E-state index in [1.54, 1.807) is 20.8 Å². The highest BCUT2D eigenvalue weighted by Gasteiger charge is 2.25. The van der Waals surface area contributed by atoms with Crippen LogP contribution in [0.15, 0.2) is 12.3 Å². The third kappa shape index (κ3) is 5.16. The van der Waals surface area contributed by atoms with E-state index in [4.69, 9.17) is 4.74 Å². The van der Waals surface area contributed by atoms with Gasteiger partial charge < -0.3 is 10.1 Å². The first-order valence-corrected chi connectivity index (χ1v) is 5.77. The number of nitrogens with one attached hydrogen (secondary N) is 1. The Hall–Kier alpha value is -1.59. The first-order valence-electron chi connectivity index (χ1n) is 5.77. The van der Waals surface area contributed by atoms with Gasteiger partial charge in [-0.05, 0) is 34.6 Å². The van der Waals surface area contributed by atoms with E-state index in [1.165, 1.54) is 16.9 Å². The molecule has 0 aliphatic carbocycles. The fourth-order valence-electron chi connectivity index (χ4n) is 1.45. The molecule has 1 heterocycles. The van der Waals surface area contributed by atoms with Crippen molar-refractivity contribution in [1.29, 1.82) is 0 Å². The lowest BCUT2D eigenvalue weighted by atomic mass is 10.1. The van der Waals surface area contributed by atoms with E-state index in [9.17, 15) is 9.18 Å². The average Bonchev–Trinajstić information content (AvgIpc) is 2.44. The van der Waals surface area contributed by atoms with Crippen molar-refractivity contribution in [2.45, 2.75) is 52.3 Å². The second-order valence-corrected chi connectivity index (χ2v) is 5.85. The highest BCUT2D eigenvalue weighted by atomic mass is 19.1. The highest BCUT2D eigenvalue weighted by Crippen LogP contribution is 2.11. The molecule has 1 rings (SSSR count). The zero-order valence-electron chi connectivity index (χ0n) is 11.5. The molecule has 1 aromatic heterocycles. The van der Waals surface area contributed by atoms with Crippen LogP contribution < -0.4 is 5.32 Å². The molecule has 0 saturated heterocycles. The minimum Gasteiger partial charge on any atom is -0.444 e. The summed E-state index contributed by atoms with van der Waals surface area (Å²) in [5, 5.41) is 6.36. The molecule has 102 valence electrons. The van der Waals surface area contributed by atoms with Crippen LogP contribution in [0.25, 0.3) is 0 Å². The molecular formula is C12H20FN3O2. The molecule has 0 spiro atoms. The molecule has 1 N–H and O–H groups in total. The Balaban J connectivity index is 2.56. The van der Waals surface area contributed by atoms with E-state index in [0.29, 0.717) is 6.54 Å². The molecule has 0 atom stereocenters. The number of alkyl carbamates (subject to hydrolysis) is 1. The number of aromatic nitrogens is 2. The standard InChI is InChI=1S/C12H20FN3O2/c1-11(2,3)18-10(17)14-12(4,5)8-16-7-6-9(13)15-16/h6-7H,8H2,1-5H3,(H,14,17). The molecule has 0 aliphatic heterocycles. The quantitative estimate of drug-likeness (QED) is 0.904. The molecule has 0 bridgehead atoms. The van der Waals surface area contributed by atoms with Gasteiger partial charge in [0.15, 0.2) is 0 Å². The van der Waals surface area contributed by atoms with Crippen molar-refractivity contribution >= 4 is 6.09 Å². The van der Waals surface area contributed by atoms with Gasteiger partial charge in [-0.3, -0.25) is 4.68 Å². The van der Waals surface area contributed by atoms with Gasteiger partial charge in [-0.2, -0.15) is 4.39 Å². The highest BCUT2D eigenvalue weighted by molar-refractivity contribution is 5.68. The first kappa shape index (κ1) is 14.5. The summed E-state index contributed by atoms with van der Waals surface area (Å²) in [4.78, 5) is 11.6. The van der Waals surface area contributed by atoms with Crippen LogP contribution in [0, 0.1) is 5.95 Å². The minimum atomic E-state index is -0.583. The molecule has 0 saturated carbocycles. The fraction of sp³-hybridized carbons (Fsp3) is 0.667. The molecule has 18 heavy (non-hydrogen) atoms. The summed E-state index contributed by atoms with van der Waals surface area (Å²) in [6.45, 7) is 9.37. The lowest BCUT2D eigenvalue weighted by molar-refractivity contribution is 0.0461. The van der Waals surface area contributed by atoms with Gasteiger partial charge in [0.25, 0.3) is 0 Å². The first-order chi connectivity index (χ1) is 8.07. The number of carbonyl (C=O) groups excluding carboxylic acids is 1. The number of ether oxygens (including phenoxy) is 1.